The van der Waals surface area contributed by atoms with E-state index in [1.807, 2.05) is 4.90 Å². The standard InChI is InChI=1S/C15H26N8O2/c16-8-1-9(17)5-22(4-8)13-3-12(15(24)25)14(21-20-13)23-6-10(18)2-11(19)7-23/h3,8-11H,1-2,4-7,16-19H2,(H,24,25). The van der Waals surface area contributed by atoms with Gasteiger partial charge in [-0.05, 0) is 12.8 Å². The summed E-state index contributed by atoms with van der Waals surface area (Å²) >= 11 is 0. The van der Waals surface area contributed by atoms with Crippen LogP contribution in [0.5, 0.6) is 0 Å². The molecule has 9 N–H and O–H groups in total. The predicted octanol–water partition coefficient (Wildman–Crippen LogP) is -2.10. The number of aromatic carboxylic acids is 1. The molecular weight excluding hydrogens is 324 g/mol. The lowest BCUT2D eigenvalue weighted by atomic mass is 10.0. The zero-order chi connectivity index (χ0) is 18.1. The minimum Gasteiger partial charge on any atom is -0.478 e. The molecule has 1 aromatic heterocycles. The quantitative estimate of drug-likeness (QED) is 0.406. The third-order valence-electron chi connectivity index (χ3n) is 4.65. The molecule has 138 valence electrons. The van der Waals surface area contributed by atoms with E-state index in [1.54, 1.807) is 4.90 Å². The average molecular weight is 350 g/mol. The molecule has 2 aliphatic heterocycles. The van der Waals surface area contributed by atoms with Gasteiger partial charge >= 0.3 is 5.97 Å². The van der Waals surface area contributed by atoms with Gasteiger partial charge in [0.1, 0.15) is 5.56 Å². The summed E-state index contributed by atoms with van der Waals surface area (Å²) in [5, 5.41) is 18.0. The highest BCUT2D eigenvalue weighted by atomic mass is 16.4. The molecule has 0 spiro atoms. The maximum Gasteiger partial charge on any atom is 0.339 e. The van der Waals surface area contributed by atoms with E-state index in [2.05, 4.69) is 10.2 Å². The van der Waals surface area contributed by atoms with E-state index in [9.17, 15) is 9.90 Å². The minimum atomic E-state index is -1.07. The number of carboxylic acids is 1. The summed E-state index contributed by atoms with van der Waals surface area (Å²) in [6.07, 6.45) is 1.44. The van der Waals surface area contributed by atoms with Crippen LogP contribution in [0.15, 0.2) is 6.07 Å². The molecule has 4 unspecified atom stereocenters. The number of piperidine rings is 2. The highest BCUT2D eigenvalue weighted by Crippen LogP contribution is 2.25. The van der Waals surface area contributed by atoms with E-state index in [0.717, 1.165) is 6.42 Å². The fraction of sp³-hybridized carbons (Fsp3) is 0.667. The number of hydrogen-bond donors (Lipinski definition) is 5. The first kappa shape index (κ1) is 17.8. The topological polar surface area (TPSA) is 174 Å². The van der Waals surface area contributed by atoms with Crippen LogP contribution >= 0.6 is 0 Å². The zero-order valence-electron chi connectivity index (χ0n) is 14.1. The molecule has 10 nitrogen and oxygen atoms in total. The average Bonchev–Trinajstić information content (AvgIpc) is 2.52. The van der Waals surface area contributed by atoms with Crippen molar-refractivity contribution in [2.75, 3.05) is 36.0 Å². The first-order valence-electron chi connectivity index (χ1n) is 8.46. The van der Waals surface area contributed by atoms with Gasteiger partial charge in [0.25, 0.3) is 0 Å². The lowest BCUT2D eigenvalue weighted by molar-refractivity contribution is 0.0696. The molecule has 0 radical (unpaired) electrons. The predicted molar refractivity (Wildman–Crippen MR) is 94.6 cm³/mol. The number of nitrogens with two attached hydrogens (primary N) is 4. The monoisotopic (exact) mass is 350 g/mol. The number of carbonyl (C=O) groups is 1. The number of nitrogens with zero attached hydrogens (tertiary/aromatic N) is 4. The van der Waals surface area contributed by atoms with Gasteiger partial charge in [0.15, 0.2) is 11.6 Å². The van der Waals surface area contributed by atoms with E-state index < -0.39 is 5.97 Å². The first-order chi connectivity index (χ1) is 11.8. The molecule has 0 saturated carbocycles. The van der Waals surface area contributed by atoms with Crippen molar-refractivity contribution in [1.82, 2.24) is 10.2 Å². The molecule has 25 heavy (non-hydrogen) atoms. The molecule has 0 bridgehead atoms. The number of rotatable bonds is 3. The third-order valence-corrected chi connectivity index (χ3v) is 4.65. The molecule has 3 rings (SSSR count). The Balaban J connectivity index is 1.89. The van der Waals surface area contributed by atoms with E-state index in [1.165, 1.54) is 6.07 Å². The van der Waals surface area contributed by atoms with Gasteiger partial charge in [-0.15, -0.1) is 10.2 Å². The number of aromatic nitrogens is 2. The zero-order valence-corrected chi connectivity index (χ0v) is 14.1. The van der Waals surface area contributed by atoms with Gasteiger partial charge in [0.05, 0.1) is 0 Å². The summed E-state index contributed by atoms with van der Waals surface area (Å²) in [6, 6.07) is 1.14. The van der Waals surface area contributed by atoms with E-state index in [4.69, 9.17) is 22.9 Å². The van der Waals surface area contributed by atoms with Gasteiger partial charge in [-0.1, -0.05) is 0 Å². The summed E-state index contributed by atoms with van der Waals surface area (Å²) in [4.78, 5) is 15.4. The SMILES string of the molecule is NC1CC(N)CN(c2cc(C(=O)O)c(N3CC(N)CC(N)C3)nn2)C1. The molecule has 10 heteroatoms. The second kappa shape index (κ2) is 7.08. The van der Waals surface area contributed by atoms with Crippen LogP contribution in [-0.4, -0.2) is 71.6 Å². The molecular formula is C15H26N8O2. The lowest BCUT2D eigenvalue weighted by Crippen LogP contribution is -2.53. The van der Waals surface area contributed by atoms with Gasteiger partial charge in [0, 0.05) is 56.4 Å². The largest absolute Gasteiger partial charge is 0.478 e. The maximum absolute atomic E-state index is 11.8. The molecule has 2 fully saturated rings. The van der Waals surface area contributed by atoms with Crippen LogP contribution in [-0.2, 0) is 0 Å². The molecule has 0 aliphatic carbocycles. The Kier molecular flexibility index (Phi) is 5.04. The van der Waals surface area contributed by atoms with Crippen LogP contribution in [0, 0.1) is 0 Å². The van der Waals surface area contributed by atoms with Crippen molar-refractivity contribution in [1.29, 1.82) is 0 Å². The Morgan fingerprint density at radius 2 is 1.40 bits per heavy atom. The number of carboxylic acid groups (broad SMARTS) is 1. The van der Waals surface area contributed by atoms with Crippen LogP contribution in [0.4, 0.5) is 11.6 Å². The van der Waals surface area contributed by atoms with Crippen molar-refractivity contribution in [3.8, 4) is 0 Å². The van der Waals surface area contributed by atoms with Crippen LogP contribution in [0.25, 0.3) is 0 Å². The Morgan fingerprint density at radius 1 is 0.920 bits per heavy atom. The van der Waals surface area contributed by atoms with Crippen molar-refractivity contribution in [3.05, 3.63) is 11.6 Å². The van der Waals surface area contributed by atoms with Gasteiger partial charge < -0.3 is 37.8 Å². The van der Waals surface area contributed by atoms with E-state index >= 15 is 0 Å². The van der Waals surface area contributed by atoms with Gasteiger partial charge in [-0.3, -0.25) is 0 Å². The molecule has 1 aromatic rings. The van der Waals surface area contributed by atoms with Crippen molar-refractivity contribution >= 4 is 17.6 Å². The number of hydrogen-bond acceptors (Lipinski definition) is 9. The third kappa shape index (κ3) is 3.98. The molecule has 4 atom stereocenters. The van der Waals surface area contributed by atoms with E-state index in [0.29, 0.717) is 44.2 Å². The van der Waals surface area contributed by atoms with Crippen LogP contribution in [0.2, 0.25) is 0 Å². The minimum absolute atomic E-state index is 0.0726. The summed E-state index contributed by atoms with van der Waals surface area (Å²) in [6.45, 7) is 2.14. The van der Waals surface area contributed by atoms with Crippen molar-refractivity contribution in [3.63, 3.8) is 0 Å². The summed E-state index contributed by atoms with van der Waals surface area (Å²) in [5.74, 6) is -0.297. The molecule has 2 aliphatic rings. The molecule has 0 aromatic carbocycles. The van der Waals surface area contributed by atoms with Crippen LogP contribution in [0.1, 0.15) is 23.2 Å². The van der Waals surface area contributed by atoms with Crippen molar-refractivity contribution < 1.29 is 9.90 Å². The summed E-state index contributed by atoms with van der Waals surface area (Å²) in [5.41, 5.74) is 24.1. The summed E-state index contributed by atoms with van der Waals surface area (Å²) < 4.78 is 0. The Hall–Kier alpha value is -2.01. The van der Waals surface area contributed by atoms with Crippen molar-refractivity contribution in [2.24, 2.45) is 22.9 Å². The van der Waals surface area contributed by atoms with Crippen molar-refractivity contribution in [2.45, 2.75) is 37.0 Å². The van der Waals surface area contributed by atoms with Crippen LogP contribution in [0.3, 0.4) is 0 Å². The fourth-order valence-electron chi connectivity index (χ4n) is 3.64. The number of anilines is 2. The van der Waals surface area contributed by atoms with Gasteiger partial charge in [-0.25, -0.2) is 4.79 Å². The smallest absolute Gasteiger partial charge is 0.339 e. The fourth-order valence-corrected chi connectivity index (χ4v) is 3.64. The van der Waals surface area contributed by atoms with E-state index in [-0.39, 0.29) is 29.7 Å². The highest BCUT2D eigenvalue weighted by molar-refractivity contribution is 5.94. The Labute approximate surface area is 146 Å². The molecule has 0 amide bonds. The molecule has 2 saturated heterocycles. The van der Waals surface area contributed by atoms with Gasteiger partial charge in [-0.2, -0.15) is 0 Å². The first-order valence-corrected chi connectivity index (χ1v) is 8.46. The summed E-state index contributed by atoms with van der Waals surface area (Å²) in [7, 11) is 0. The Bertz CT molecular complexity index is 622. The molecule has 3 heterocycles. The lowest BCUT2D eigenvalue weighted by Gasteiger charge is -2.37. The second-order valence-electron chi connectivity index (χ2n) is 7.07. The Morgan fingerprint density at radius 3 is 1.88 bits per heavy atom. The maximum atomic E-state index is 11.8. The highest BCUT2D eigenvalue weighted by Gasteiger charge is 2.29. The van der Waals surface area contributed by atoms with Crippen LogP contribution < -0.4 is 32.7 Å². The second-order valence-corrected chi connectivity index (χ2v) is 7.07. The normalized spacial score (nSPS) is 30.4. The van der Waals surface area contributed by atoms with Gasteiger partial charge in [0.2, 0.25) is 0 Å².